The molecule has 0 aromatic carbocycles. The molecular weight excluding hydrogens is 204 g/mol. The van der Waals surface area contributed by atoms with Gasteiger partial charge >= 0.3 is 5.97 Å². The van der Waals surface area contributed by atoms with E-state index in [0.717, 1.165) is 0 Å². The van der Waals surface area contributed by atoms with Crippen molar-refractivity contribution in [1.29, 1.82) is 0 Å². The minimum Gasteiger partial charge on any atom is -0.460 e. The van der Waals surface area contributed by atoms with Crippen molar-refractivity contribution in [2.24, 2.45) is 11.8 Å². The van der Waals surface area contributed by atoms with Crippen molar-refractivity contribution in [2.45, 2.75) is 66.1 Å². The normalized spacial score (nSPS) is 18.1. The smallest absolute Gasteiger partial charge is 0.312 e. The van der Waals surface area contributed by atoms with E-state index in [-0.39, 0.29) is 5.97 Å². The van der Waals surface area contributed by atoms with Crippen LogP contribution in [0, 0.1) is 11.8 Å². The Hall–Kier alpha value is -0.570. The summed E-state index contributed by atoms with van der Waals surface area (Å²) < 4.78 is 5.27. The average Bonchev–Trinajstić information content (AvgIpc) is 1.96. The topological polar surface area (TPSA) is 46.5 Å². The maximum Gasteiger partial charge on any atom is 0.312 e. The molecule has 0 saturated heterocycles. The minimum absolute atomic E-state index is 0.335. The summed E-state index contributed by atoms with van der Waals surface area (Å²) in [6.45, 7) is 12.9. The van der Waals surface area contributed by atoms with Gasteiger partial charge in [0, 0.05) is 0 Å². The highest BCUT2D eigenvalue weighted by Gasteiger charge is 2.36. The molecule has 0 rings (SSSR count). The van der Waals surface area contributed by atoms with Gasteiger partial charge in [0.15, 0.2) is 0 Å². The van der Waals surface area contributed by atoms with Gasteiger partial charge in [0.25, 0.3) is 0 Å². The molecule has 0 fully saturated rings. The largest absolute Gasteiger partial charge is 0.460 e. The van der Waals surface area contributed by atoms with E-state index in [9.17, 15) is 9.90 Å². The standard InChI is InChI=1S/C13H26O3/c1-9(2)8-13(7,15)10(3)11(14)16-12(4,5)6/h9-10,15H,8H2,1-7H3. The number of hydrogen-bond donors (Lipinski definition) is 1. The van der Waals surface area contributed by atoms with Crippen LogP contribution in [0.1, 0.15) is 54.9 Å². The van der Waals surface area contributed by atoms with Gasteiger partial charge in [-0.3, -0.25) is 4.79 Å². The third-order valence-electron chi connectivity index (χ3n) is 2.51. The van der Waals surface area contributed by atoms with E-state index in [1.54, 1.807) is 13.8 Å². The third-order valence-corrected chi connectivity index (χ3v) is 2.51. The fraction of sp³-hybridized carbons (Fsp3) is 0.923. The minimum atomic E-state index is -1.00. The number of ether oxygens (including phenoxy) is 1. The first-order valence-corrected chi connectivity index (χ1v) is 5.91. The summed E-state index contributed by atoms with van der Waals surface area (Å²) in [4.78, 5) is 11.8. The van der Waals surface area contributed by atoms with Crippen molar-refractivity contribution in [3.05, 3.63) is 0 Å². The maximum absolute atomic E-state index is 11.8. The van der Waals surface area contributed by atoms with Gasteiger partial charge in [-0.15, -0.1) is 0 Å². The Morgan fingerprint density at radius 1 is 1.19 bits per heavy atom. The van der Waals surface area contributed by atoms with Gasteiger partial charge < -0.3 is 9.84 Å². The molecule has 3 heteroatoms. The summed E-state index contributed by atoms with van der Waals surface area (Å²) in [6.07, 6.45) is 0.591. The first kappa shape index (κ1) is 15.4. The Morgan fingerprint density at radius 2 is 1.62 bits per heavy atom. The molecule has 2 unspecified atom stereocenters. The lowest BCUT2D eigenvalue weighted by atomic mass is 9.83. The number of hydrogen-bond acceptors (Lipinski definition) is 3. The zero-order chi connectivity index (χ0) is 13.1. The van der Waals surface area contributed by atoms with Crippen LogP contribution in [0.15, 0.2) is 0 Å². The van der Waals surface area contributed by atoms with E-state index < -0.39 is 17.1 Å². The monoisotopic (exact) mass is 230 g/mol. The maximum atomic E-state index is 11.8. The molecule has 0 heterocycles. The quantitative estimate of drug-likeness (QED) is 0.755. The van der Waals surface area contributed by atoms with E-state index in [1.165, 1.54) is 0 Å². The summed E-state index contributed by atoms with van der Waals surface area (Å²) in [7, 11) is 0. The lowest BCUT2D eigenvalue weighted by molar-refractivity contribution is -0.168. The SMILES string of the molecule is CC(C)CC(C)(O)C(C)C(=O)OC(C)(C)C. The number of rotatable bonds is 4. The highest BCUT2D eigenvalue weighted by atomic mass is 16.6. The molecule has 3 nitrogen and oxygen atoms in total. The zero-order valence-electron chi connectivity index (χ0n) is 11.6. The highest BCUT2D eigenvalue weighted by molar-refractivity contribution is 5.73. The van der Waals surface area contributed by atoms with Gasteiger partial charge in [-0.05, 0) is 47.0 Å². The van der Waals surface area contributed by atoms with Crippen LogP contribution in [0.2, 0.25) is 0 Å². The molecule has 2 atom stereocenters. The summed E-state index contributed by atoms with van der Waals surface area (Å²) in [6, 6.07) is 0. The molecule has 0 saturated carbocycles. The molecule has 0 amide bonds. The first-order chi connectivity index (χ1) is 6.96. The van der Waals surface area contributed by atoms with Gasteiger partial charge in [0.1, 0.15) is 5.60 Å². The summed E-state index contributed by atoms with van der Waals surface area (Å²) in [5.74, 6) is -0.493. The van der Waals surface area contributed by atoms with Crippen molar-refractivity contribution in [3.63, 3.8) is 0 Å². The van der Waals surface area contributed by atoms with E-state index in [1.807, 2.05) is 34.6 Å². The third kappa shape index (κ3) is 5.50. The van der Waals surface area contributed by atoms with Gasteiger partial charge in [0.05, 0.1) is 11.5 Å². The Bertz CT molecular complexity index is 236. The predicted molar refractivity (Wildman–Crippen MR) is 65.1 cm³/mol. The number of carbonyl (C=O) groups excluding carboxylic acids is 1. The van der Waals surface area contributed by atoms with Crippen LogP contribution in [0.3, 0.4) is 0 Å². The molecule has 0 aliphatic rings. The van der Waals surface area contributed by atoms with Gasteiger partial charge in [0.2, 0.25) is 0 Å². The summed E-state index contributed by atoms with van der Waals surface area (Å²) in [5, 5.41) is 10.2. The van der Waals surface area contributed by atoms with Gasteiger partial charge in [-0.2, -0.15) is 0 Å². The molecule has 96 valence electrons. The van der Waals surface area contributed by atoms with Crippen molar-refractivity contribution < 1.29 is 14.6 Å². The van der Waals surface area contributed by atoms with Crippen molar-refractivity contribution in [2.75, 3.05) is 0 Å². The second kappa shape index (κ2) is 5.17. The summed E-state index contributed by atoms with van der Waals surface area (Å²) >= 11 is 0. The lowest BCUT2D eigenvalue weighted by Crippen LogP contribution is -2.42. The summed E-state index contributed by atoms with van der Waals surface area (Å²) in [5.41, 5.74) is -1.50. The van der Waals surface area contributed by atoms with E-state index in [2.05, 4.69) is 0 Å². The predicted octanol–water partition coefficient (Wildman–Crippen LogP) is 2.76. The Balaban J connectivity index is 4.53. The fourth-order valence-electron chi connectivity index (χ4n) is 1.65. The molecule has 0 radical (unpaired) electrons. The van der Waals surface area contributed by atoms with Gasteiger partial charge in [-0.25, -0.2) is 0 Å². The first-order valence-electron chi connectivity index (χ1n) is 5.91. The average molecular weight is 230 g/mol. The number of esters is 1. The van der Waals surface area contributed by atoms with Crippen LogP contribution >= 0.6 is 0 Å². The zero-order valence-corrected chi connectivity index (χ0v) is 11.6. The van der Waals surface area contributed by atoms with Crippen LogP contribution < -0.4 is 0 Å². The molecule has 1 N–H and O–H groups in total. The molecular formula is C13H26O3. The fourth-order valence-corrected chi connectivity index (χ4v) is 1.65. The molecule has 0 aliphatic heterocycles. The van der Waals surface area contributed by atoms with E-state index in [0.29, 0.717) is 12.3 Å². The van der Waals surface area contributed by atoms with Crippen LogP contribution in [0.4, 0.5) is 0 Å². The second-order valence-corrected chi connectivity index (χ2v) is 6.21. The van der Waals surface area contributed by atoms with Crippen LogP contribution in [-0.2, 0) is 9.53 Å². The lowest BCUT2D eigenvalue weighted by Gasteiger charge is -2.32. The van der Waals surface area contributed by atoms with Crippen LogP contribution in [0.5, 0.6) is 0 Å². The molecule has 0 spiro atoms. The second-order valence-electron chi connectivity index (χ2n) is 6.21. The molecule has 0 bridgehead atoms. The molecule has 0 aromatic rings. The van der Waals surface area contributed by atoms with Crippen LogP contribution in [0.25, 0.3) is 0 Å². The molecule has 0 aromatic heterocycles. The molecule has 0 aliphatic carbocycles. The Morgan fingerprint density at radius 3 is 1.94 bits per heavy atom. The Kier molecular flexibility index (Phi) is 4.99. The van der Waals surface area contributed by atoms with Crippen molar-refractivity contribution in [3.8, 4) is 0 Å². The van der Waals surface area contributed by atoms with Crippen molar-refractivity contribution in [1.82, 2.24) is 0 Å². The Labute approximate surface area is 99.2 Å². The number of carbonyl (C=O) groups is 1. The van der Waals surface area contributed by atoms with Crippen LogP contribution in [-0.4, -0.2) is 22.3 Å². The van der Waals surface area contributed by atoms with E-state index >= 15 is 0 Å². The van der Waals surface area contributed by atoms with Gasteiger partial charge in [-0.1, -0.05) is 13.8 Å². The number of aliphatic hydroxyl groups is 1. The highest BCUT2D eigenvalue weighted by Crippen LogP contribution is 2.27. The van der Waals surface area contributed by atoms with Crippen molar-refractivity contribution >= 4 is 5.97 Å². The molecule has 16 heavy (non-hydrogen) atoms. The van der Waals surface area contributed by atoms with E-state index in [4.69, 9.17) is 4.74 Å².